The van der Waals surface area contributed by atoms with Crippen molar-refractivity contribution in [3.63, 3.8) is 0 Å². The van der Waals surface area contributed by atoms with Crippen molar-refractivity contribution >= 4 is 0 Å². The van der Waals surface area contributed by atoms with Crippen LogP contribution >= 0.6 is 0 Å². The van der Waals surface area contributed by atoms with Gasteiger partial charge in [-0.25, -0.2) is 0 Å². The maximum absolute atomic E-state index is 5.19. The van der Waals surface area contributed by atoms with Crippen molar-refractivity contribution in [2.45, 2.75) is 18.9 Å². The lowest BCUT2D eigenvalue weighted by Crippen LogP contribution is -1.98. The fourth-order valence-corrected chi connectivity index (χ4v) is 0.654. The molecule has 1 atom stereocenters. The highest BCUT2D eigenvalue weighted by Gasteiger charge is 2.21. The van der Waals surface area contributed by atoms with E-state index < -0.39 is 0 Å². The highest BCUT2D eigenvalue weighted by Crippen LogP contribution is 2.12. The van der Waals surface area contributed by atoms with E-state index in [1.165, 1.54) is 0 Å². The van der Waals surface area contributed by atoms with Gasteiger partial charge in [0.15, 0.2) is 0 Å². The van der Waals surface area contributed by atoms with Gasteiger partial charge in [0.05, 0.1) is 12.7 Å². The van der Waals surface area contributed by atoms with Crippen molar-refractivity contribution in [1.29, 1.82) is 0 Å². The second-order valence-corrected chi connectivity index (χ2v) is 2.21. The van der Waals surface area contributed by atoms with Gasteiger partial charge in [-0.2, -0.15) is 0 Å². The van der Waals surface area contributed by atoms with Crippen LogP contribution in [0.3, 0.4) is 0 Å². The molecule has 0 aromatic rings. The summed E-state index contributed by atoms with van der Waals surface area (Å²) in [7, 11) is 0. The molecule has 0 saturated carbocycles. The van der Waals surface area contributed by atoms with E-state index in [1.807, 2.05) is 0 Å². The predicted molar refractivity (Wildman–Crippen MR) is 35.1 cm³/mol. The highest BCUT2D eigenvalue weighted by atomic mass is 16.6. The van der Waals surface area contributed by atoms with Crippen LogP contribution in [-0.4, -0.2) is 25.9 Å². The molecule has 1 unspecified atom stereocenters. The molecule has 1 rings (SSSR count). The first-order chi connectivity index (χ1) is 4.43. The van der Waals surface area contributed by atoms with Gasteiger partial charge in [0.2, 0.25) is 0 Å². The second-order valence-electron chi connectivity index (χ2n) is 2.21. The fraction of sp³-hybridized carbons (Fsp3) is 0.857. The average Bonchev–Trinajstić information content (AvgIpc) is 2.63. The summed E-state index contributed by atoms with van der Waals surface area (Å²) in [5, 5.41) is 0. The minimum absolute atomic E-state index is 0.509. The number of hydrogen-bond donors (Lipinski definition) is 0. The highest BCUT2D eigenvalue weighted by molar-refractivity contribution is 4.67. The Labute approximate surface area is 56.2 Å². The van der Waals surface area contributed by atoms with Crippen LogP contribution in [0.5, 0.6) is 0 Å². The monoisotopic (exact) mass is 129 g/mol. The second kappa shape index (κ2) is 3.85. The van der Waals surface area contributed by atoms with Gasteiger partial charge in [-0.1, -0.05) is 6.92 Å². The number of epoxide rings is 1. The van der Waals surface area contributed by atoms with Gasteiger partial charge in [0, 0.05) is 13.2 Å². The van der Waals surface area contributed by atoms with Gasteiger partial charge < -0.3 is 9.47 Å². The van der Waals surface area contributed by atoms with Crippen molar-refractivity contribution < 1.29 is 9.47 Å². The Kier molecular flexibility index (Phi) is 3.01. The van der Waals surface area contributed by atoms with Crippen LogP contribution in [0.1, 0.15) is 12.8 Å². The third-order valence-electron chi connectivity index (χ3n) is 1.28. The van der Waals surface area contributed by atoms with Crippen LogP contribution in [0.15, 0.2) is 0 Å². The van der Waals surface area contributed by atoms with E-state index in [2.05, 4.69) is 6.92 Å². The van der Waals surface area contributed by atoms with Crippen LogP contribution in [0.4, 0.5) is 0 Å². The zero-order valence-corrected chi connectivity index (χ0v) is 5.64. The normalized spacial score (nSPS) is 24.3. The van der Waals surface area contributed by atoms with Gasteiger partial charge in [-0.15, -0.1) is 0 Å². The van der Waals surface area contributed by atoms with E-state index in [0.717, 1.165) is 32.7 Å². The van der Waals surface area contributed by atoms with Gasteiger partial charge in [0.1, 0.15) is 0 Å². The minimum Gasteiger partial charge on any atom is -0.381 e. The standard InChI is InChI=1S/C7H13O2/c1-2-4-8-5-3-7-6-9-7/h7H,1-6H2. The number of rotatable bonds is 5. The lowest BCUT2D eigenvalue weighted by molar-refractivity contribution is 0.129. The van der Waals surface area contributed by atoms with E-state index in [4.69, 9.17) is 9.47 Å². The molecule has 1 aliphatic heterocycles. The maximum atomic E-state index is 5.19. The van der Waals surface area contributed by atoms with Crippen LogP contribution in [0.2, 0.25) is 0 Å². The average molecular weight is 129 g/mol. The van der Waals surface area contributed by atoms with Crippen LogP contribution < -0.4 is 0 Å². The Morgan fingerprint density at radius 1 is 1.56 bits per heavy atom. The largest absolute Gasteiger partial charge is 0.381 e. The molecule has 2 heteroatoms. The molecule has 9 heavy (non-hydrogen) atoms. The first kappa shape index (κ1) is 7.03. The van der Waals surface area contributed by atoms with Crippen LogP contribution in [-0.2, 0) is 9.47 Å². The third-order valence-corrected chi connectivity index (χ3v) is 1.28. The molecular formula is C7H13O2. The molecule has 0 amide bonds. The quantitative estimate of drug-likeness (QED) is 0.408. The molecule has 0 aliphatic carbocycles. The minimum atomic E-state index is 0.509. The van der Waals surface area contributed by atoms with Gasteiger partial charge >= 0.3 is 0 Å². The van der Waals surface area contributed by atoms with Gasteiger partial charge in [-0.05, 0) is 12.8 Å². The Hall–Kier alpha value is -0.0800. The van der Waals surface area contributed by atoms with Crippen molar-refractivity contribution in [1.82, 2.24) is 0 Å². The number of ether oxygens (including phenoxy) is 2. The zero-order valence-electron chi connectivity index (χ0n) is 5.64. The molecule has 0 N–H and O–H groups in total. The summed E-state index contributed by atoms with van der Waals surface area (Å²) >= 11 is 0. The zero-order chi connectivity index (χ0) is 6.53. The van der Waals surface area contributed by atoms with Crippen molar-refractivity contribution in [2.24, 2.45) is 0 Å². The van der Waals surface area contributed by atoms with E-state index in [1.54, 1.807) is 0 Å². The molecular weight excluding hydrogens is 116 g/mol. The van der Waals surface area contributed by atoms with E-state index in [9.17, 15) is 0 Å². The van der Waals surface area contributed by atoms with Crippen molar-refractivity contribution in [2.75, 3.05) is 19.8 Å². The summed E-state index contributed by atoms with van der Waals surface area (Å²) in [5.74, 6) is 0. The summed E-state index contributed by atoms with van der Waals surface area (Å²) in [4.78, 5) is 0. The topological polar surface area (TPSA) is 21.8 Å². The molecule has 0 aromatic carbocycles. The number of hydrogen-bond acceptors (Lipinski definition) is 2. The molecule has 1 fully saturated rings. The van der Waals surface area contributed by atoms with E-state index in [0.29, 0.717) is 6.10 Å². The van der Waals surface area contributed by atoms with Crippen LogP contribution in [0.25, 0.3) is 0 Å². The van der Waals surface area contributed by atoms with Gasteiger partial charge in [-0.3, -0.25) is 0 Å². The van der Waals surface area contributed by atoms with E-state index >= 15 is 0 Å². The van der Waals surface area contributed by atoms with Gasteiger partial charge in [0.25, 0.3) is 0 Å². The smallest absolute Gasteiger partial charge is 0.0831 e. The third kappa shape index (κ3) is 3.49. The van der Waals surface area contributed by atoms with Crippen molar-refractivity contribution in [3.8, 4) is 0 Å². The summed E-state index contributed by atoms with van der Waals surface area (Å²) in [6, 6.07) is 0. The SMILES string of the molecule is [CH2]CCOCCC1CO1. The Bertz CT molecular complexity index is 69.3. The summed E-state index contributed by atoms with van der Waals surface area (Å²) in [6.07, 6.45) is 2.43. The summed E-state index contributed by atoms with van der Waals surface area (Å²) < 4.78 is 10.2. The molecule has 0 spiro atoms. The summed E-state index contributed by atoms with van der Waals surface area (Å²) in [6.45, 7) is 6.22. The molecule has 1 saturated heterocycles. The molecule has 1 heterocycles. The molecule has 0 aromatic heterocycles. The Balaban J connectivity index is 1.71. The molecule has 1 aliphatic rings. The predicted octanol–water partition coefficient (Wildman–Crippen LogP) is 1.02. The van der Waals surface area contributed by atoms with Crippen LogP contribution in [0, 0.1) is 6.92 Å². The van der Waals surface area contributed by atoms with E-state index in [-0.39, 0.29) is 0 Å². The van der Waals surface area contributed by atoms with Crippen molar-refractivity contribution in [3.05, 3.63) is 6.92 Å². The summed E-state index contributed by atoms with van der Waals surface area (Å²) in [5.41, 5.74) is 0. The molecule has 53 valence electrons. The lowest BCUT2D eigenvalue weighted by Gasteiger charge is -1.97. The molecule has 1 radical (unpaired) electrons. The fourth-order valence-electron chi connectivity index (χ4n) is 0.654. The Morgan fingerprint density at radius 3 is 2.89 bits per heavy atom. The maximum Gasteiger partial charge on any atom is 0.0831 e. The Morgan fingerprint density at radius 2 is 2.33 bits per heavy atom. The molecule has 0 bridgehead atoms. The molecule has 2 nitrogen and oxygen atoms in total. The lowest BCUT2D eigenvalue weighted by atomic mass is 10.3. The first-order valence-corrected chi connectivity index (χ1v) is 3.42. The first-order valence-electron chi connectivity index (χ1n) is 3.42.